The van der Waals surface area contributed by atoms with Crippen LogP contribution in [0.4, 0.5) is 0 Å². The first kappa shape index (κ1) is 13.8. The normalized spacial score (nSPS) is 20.1. The Labute approximate surface area is 114 Å². The van der Waals surface area contributed by atoms with E-state index in [-0.39, 0.29) is 5.54 Å². The number of nitrogens with zero attached hydrogens (tertiary/aromatic N) is 3. The lowest BCUT2D eigenvalue weighted by Crippen LogP contribution is -2.51. The third kappa shape index (κ3) is 2.42. The van der Waals surface area contributed by atoms with E-state index in [0.717, 1.165) is 13.1 Å². The SMILES string of the molecule is Cn1ncc(Cl)c1C(O)C(C)(C)N1CCCCC1. The summed E-state index contributed by atoms with van der Waals surface area (Å²) in [5.74, 6) is 0. The van der Waals surface area contributed by atoms with Crippen LogP contribution in [0.3, 0.4) is 0 Å². The van der Waals surface area contributed by atoms with E-state index in [4.69, 9.17) is 11.6 Å². The fourth-order valence-corrected chi connectivity index (χ4v) is 2.97. The highest BCUT2D eigenvalue weighted by molar-refractivity contribution is 6.31. The molecule has 2 rings (SSSR count). The molecule has 0 spiro atoms. The van der Waals surface area contributed by atoms with Crippen molar-refractivity contribution in [2.75, 3.05) is 13.1 Å². The van der Waals surface area contributed by atoms with E-state index in [1.807, 2.05) is 7.05 Å². The Hall–Kier alpha value is -0.580. The smallest absolute Gasteiger partial charge is 0.115 e. The third-order valence-electron chi connectivity index (χ3n) is 4.04. The van der Waals surface area contributed by atoms with Crippen molar-refractivity contribution >= 4 is 11.6 Å². The Morgan fingerprint density at radius 1 is 1.33 bits per heavy atom. The van der Waals surface area contributed by atoms with Gasteiger partial charge in [-0.2, -0.15) is 5.10 Å². The van der Waals surface area contributed by atoms with Gasteiger partial charge in [0.05, 0.1) is 16.9 Å². The molecule has 1 aromatic rings. The lowest BCUT2D eigenvalue weighted by molar-refractivity contribution is -0.0246. The van der Waals surface area contributed by atoms with Gasteiger partial charge in [0.1, 0.15) is 6.10 Å². The maximum atomic E-state index is 10.7. The maximum absolute atomic E-state index is 10.7. The summed E-state index contributed by atoms with van der Waals surface area (Å²) in [6, 6.07) is 0. The summed E-state index contributed by atoms with van der Waals surface area (Å²) in [5, 5.41) is 15.3. The Balaban J connectivity index is 2.23. The minimum Gasteiger partial charge on any atom is -0.385 e. The second-order valence-electron chi connectivity index (χ2n) is 5.61. The molecule has 1 fully saturated rings. The van der Waals surface area contributed by atoms with E-state index in [1.54, 1.807) is 10.9 Å². The molecular weight excluding hydrogens is 250 g/mol. The predicted octanol–water partition coefficient (Wildman–Crippen LogP) is 2.37. The van der Waals surface area contributed by atoms with Crippen molar-refractivity contribution in [3.8, 4) is 0 Å². The molecule has 102 valence electrons. The topological polar surface area (TPSA) is 41.3 Å². The van der Waals surface area contributed by atoms with E-state index in [0.29, 0.717) is 10.7 Å². The van der Waals surface area contributed by atoms with Gasteiger partial charge in [-0.3, -0.25) is 9.58 Å². The molecule has 1 aliphatic rings. The molecule has 0 radical (unpaired) electrons. The average molecular weight is 272 g/mol. The summed E-state index contributed by atoms with van der Waals surface area (Å²) in [6.07, 6.45) is 4.65. The number of aliphatic hydroxyl groups is 1. The van der Waals surface area contributed by atoms with Crippen molar-refractivity contribution in [1.82, 2.24) is 14.7 Å². The second-order valence-corrected chi connectivity index (χ2v) is 6.01. The Morgan fingerprint density at radius 2 is 1.94 bits per heavy atom. The number of likely N-dealkylation sites (tertiary alicyclic amines) is 1. The molecule has 1 aromatic heterocycles. The molecule has 0 amide bonds. The van der Waals surface area contributed by atoms with Gasteiger partial charge in [-0.1, -0.05) is 18.0 Å². The summed E-state index contributed by atoms with van der Waals surface area (Å²) in [4.78, 5) is 2.35. The van der Waals surface area contributed by atoms with Crippen LogP contribution >= 0.6 is 11.6 Å². The summed E-state index contributed by atoms with van der Waals surface area (Å²) >= 11 is 6.12. The minimum atomic E-state index is -0.629. The number of aromatic nitrogens is 2. The van der Waals surface area contributed by atoms with Crippen LogP contribution in [0.2, 0.25) is 5.02 Å². The zero-order valence-corrected chi connectivity index (χ0v) is 12.1. The molecule has 18 heavy (non-hydrogen) atoms. The summed E-state index contributed by atoms with van der Waals surface area (Å²) < 4.78 is 1.67. The molecule has 1 unspecified atom stereocenters. The second kappa shape index (κ2) is 5.19. The Bertz CT molecular complexity index is 391. The Kier molecular flexibility index (Phi) is 3.99. The number of hydrogen-bond acceptors (Lipinski definition) is 3. The van der Waals surface area contributed by atoms with Gasteiger partial charge >= 0.3 is 0 Å². The van der Waals surface area contributed by atoms with Crippen molar-refractivity contribution in [1.29, 1.82) is 0 Å². The first-order valence-corrected chi connectivity index (χ1v) is 6.93. The van der Waals surface area contributed by atoms with Gasteiger partial charge in [-0.05, 0) is 39.8 Å². The van der Waals surface area contributed by atoms with Crippen LogP contribution in [0.15, 0.2) is 6.20 Å². The third-order valence-corrected chi connectivity index (χ3v) is 4.33. The van der Waals surface area contributed by atoms with Crippen LogP contribution in [-0.4, -0.2) is 38.4 Å². The number of piperidine rings is 1. The number of rotatable bonds is 3. The van der Waals surface area contributed by atoms with E-state index in [9.17, 15) is 5.11 Å². The molecule has 0 aliphatic carbocycles. The number of aryl methyl sites for hydroxylation is 1. The van der Waals surface area contributed by atoms with Gasteiger partial charge in [0.25, 0.3) is 0 Å². The number of aliphatic hydroxyl groups excluding tert-OH is 1. The van der Waals surface area contributed by atoms with Gasteiger partial charge in [0.2, 0.25) is 0 Å². The van der Waals surface area contributed by atoms with Crippen molar-refractivity contribution < 1.29 is 5.11 Å². The van der Waals surface area contributed by atoms with E-state index < -0.39 is 6.10 Å². The van der Waals surface area contributed by atoms with Crippen LogP contribution < -0.4 is 0 Å². The molecule has 0 saturated carbocycles. The highest BCUT2D eigenvalue weighted by Gasteiger charge is 2.38. The molecule has 0 aromatic carbocycles. The lowest BCUT2D eigenvalue weighted by atomic mass is 9.90. The Morgan fingerprint density at radius 3 is 2.44 bits per heavy atom. The molecule has 2 heterocycles. The quantitative estimate of drug-likeness (QED) is 0.918. The first-order valence-electron chi connectivity index (χ1n) is 6.55. The van der Waals surface area contributed by atoms with Crippen LogP contribution in [-0.2, 0) is 7.05 Å². The van der Waals surface area contributed by atoms with Crippen LogP contribution in [0.25, 0.3) is 0 Å². The summed E-state index contributed by atoms with van der Waals surface area (Å²) in [7, 11) is 1.82. The molecule has 1 atom stereocenters. The average Bonchev–Trinajstić information content (AvgIpc) is 2.69. The molecule has 0 bridgehead atoms. The van der Waals surface area contributed by atoms with Gasteiger partial charge in [-0.15, -0.1) is 0 Å². The van der Waals surface area contributed by atoms with Crippen molar-refractivity contribution in [2.45, 2.75) is 44.8 Å². The monoisotopic (exact) mass is 271 g/mol. The van der Waals surface area contributed by atoms with Crippen LogP contribution in [0, 0.1) is 0 Å². The molecular formula is C13H22ClN3O. The van der Waals surface area contributed by atoms with Gasteiger partial charge in [-0.25, -0.2) is 0 Å². The highest BCUT2D eigenvalue weighted by atomic mass is 35.5. The molecule has 1 saturated heterocycles. The minimum absolute atomic E-state index is 0.322. The summed E-state index contributed by atoms with van der Waals surface area (Å²) in [6.45, 7) is 6.23. The predicted molar refractivity (Wildman–Crippen MR) is 72.7 cm³/mol. The van der Waals surface area contributed by atoms with Crippen molar-refractivity contribution in [2.24, 2.45) is 7.05 Å². The van der Waals surface area contributed by atoms with E-state index >= 15 is 0 Å². The van der Waals surface area contributed by atoms with Gasteiger partial charge in [0, 0.05) is 12.6 Å². The number of hydrogen-bond donors (Lipinski definition) is 1. The first-order chi connectivity index (χ1) is 8.44. The zero-order chi connectivity index (χ0) is 13.3. The van der Waals surface area contributed by atoms with Gasteiger partial charge in [0.15, 0.2) is 0 Å². The summed E-state index contributed by atoms with van der Waals surface area (Å²) in [5.41, 5.74) is 0.380. The maximum Gasteiger partial charge on any atom is 0.115 e. The largest absolute Gasteiger partial charge is 0.385 e. The van der Waals surface area contributed by atoms with E-state index in [1.165, 1.54) is 19.3 Å². The lowest BCUT2D eigenvalue weighted by Gasteiger charge is -2.43. The van der Waals surface area contributed by atoms with Crippen LogP contribution in [0.5, 0.6) is 0 Å². The highest BCUT2D eigenvalue weighted by Crippen LogP contribution is 2.35. The zero-order valence-electron chi connectivity index (χ0n) is 11.4. The van der Waals surface area contributed by atoms with Crippen LogP contribution in [0.1, 0.15) is 44.9 Å². The van der Waals surface area contributed by atoms with E-state index in [2.05, 4.69) is 23.8 Å². The van der Waals surface area contributed by atoms with Crippen molar-refractivity contribution in [3.63, 3.8) is 0 Å². The fourth-order valence-electron chi connectivity index (χ4n) is 2.71. The molecule has 1 N–H and O–H groups in total. The fraction of sp³-hybridized carbons (Fsp3) is 0.769. The number of halogens is 1. The molecule has 4 nitrogen and oxygen atoms in total. The van der Waals surface area contributed by atoms with Crippen molar-refractivity contribution in [3.05, 3.63) is 16.9 Å². The van der Waals surface area contributed by atoms with Gasteiger partial charge < -0.3 is 5.11 Å². The molecule has 1 aliphatic heterocycles. The molecule has 5 heteroatoms. The standard InChI is InChI=1S/C13H22ClN3O/c1-13(2,17-7-5-4-6-8-17)12(18)11-10(14)9-15-16(11)3/h9,12,18H,4-8H2,1-3H3.